The smallest absolute Gasteiger partial charge is 0.322 e. The maximum atomic E-state index is 9.40. The highest BCUT2D eigenvalue weighted by Crippen LogP contribution is 2.49. The van der Waals surface area contributed by atoms with Crippen LogP contribution in [0, 0.1) is 0 Å². The van der Waals surface area contributed by atoms with Crippen molar-refractivity contribution in [2.45, 2.75) is 31.5 Å². The van der Waals surface area contributed by atoms with Crippen LogP contribution in [0.2, 0.25) is 0 Å². The molecule has 0 aromatic heterocycles. The average Bonchev–Trinajstić information content (AvgIpc) is 2.29. The summed E-state index contributed by atoms with van der Waals surface area (Å²) in [4.78, 5) is 0. The fourth-order valence-electron chi connectivity index (χ4n) is 0.980. The lowest BCUT2D eigenvalue weighted by Gasteiger charge is -2.13. The van der Waals surface area contributed by atoms with Crippen molar-refractivity contribution in [2.24, 2.45) is 0 Å². The van der Waals surface area contributed by atoms with E-state index in [0.717, 1.165) is 0 Å². The molecule has 3 heteroatoms. The van der Waals surface area contributed by atoms with E-state index in [2.05, 4.69) is 6.58 Å². The molecule has 1 N–H and O–H groups in total. The van der Waals surface area contributed by atoms with Gasteiger partial charge in [-0.2, -0.15) is 0 Å². The molecular weight excluding hydrogens is 127 g/mol. The molecule has 1 fully saturated rings. The Morgan fingerprint density at radius 2 is 2.20 bits per heavy atom. The van der Waals surface area contributed by atoms with Gasteiger partial charge in [0.1, 0.15) is 0 Å². The molecule has 1 aliphatic carbocycles. The van der Waals surface area contributed by atoms with E-state index in [9.17, 15) is 5.11 Å². The van der Waals surface area contributed by atoms with E-state index in [1.165, 1.54) is 7.48 Å². The van der Waals surface area contributed by atoms with Crippen molar-refractivity contribution in [1.29, 1.82) is 0 Å². The lowest BCUT2D eigenvalue weighted by Crippen LogP contribution is -2.23. The van der Waals surface area contributed by atoms with Crippen LogP contribution in [0.1, 0.15) is 20.3 Å². The monoisotopic (exact) mass is 139 g/mol. The fourth-order valence-corrected chi connectivity index (χ4v) is 0.980. The Hall–Kier alpha value is -0.275. The van der Waals surface area contributed by atoms with Gasteiger partial charge in [0.05, 0.1) is 11.2 Å². The van der Waals surface area contributed by atoms with E-state index in [0.29, 0.717) is 6.42 Å². The SMILES string of the molecule is C=C[B]OC1(C)CC1(C)O. The molecule has 0 heterocycles. The second kappa shape index (κ2) is 2.11. The first-order valence-corrected chi connectivity index (χ1v) is 3.36. The summed E-state index contributed by atoms with van der Waals surface area (Å²) in [6.07, 6.45) is 0.699. The molecule has 1 aliphatic rings. The maximum Gasteiger partial charge on any atom is 0.322 e. The predicted molar refractivity (Wildman–Crippen MR) is 40.7 cm³/mol. The molecule has 1 rings (SSSR count). The molecule has 0 aromatic carbocycles. The third-order valence-electron chi connectivity index (χ3n) is 2.12. The molecule has 0 saturated heterocycles. The van der Waals surface area contributed by atoms with Crippen LogP contribution in [-0.2, 0) is 4.65 Å². The second-order valence-electron chi connectivity index (χ2n) is 3.17. The number of hydrogen-bond donors (Lipinski definition) is 1. The molecule has 55 valence electrons. The van der Waals surface area contributed by atoms with Gasteiger partial charge in [0.15, 0.2) is 0 Å². The van der Waals surface area contributed by atoms with E-state index in [1.54, 1.807) is 12.9 Å². The summed E-state index contributed by atoms with van der Waals surface area (Å²) in [6, 6.07) is 0. The topological polar surface area (TPSA) is 29.5 Å². The zero-order valence-electron chi connectivity index (χ0n) is 6.42. The fraction of sp³-hybridized carbons (Fsp3) is 0.714. The highest BCUT2D eigenvalue weighted by Gasteiger charge is 2.61. The van der Waals surface area contributed by atoms with Gasteiger partial charge in [-0.25, -0.2) is 0 Å². The first-order chi connectivity index (χ1) is 4.52. The lowest BCUT2D eigenvalue weighted by molar-refractivity contribution is 0.0637. The largest absolute Gasteiger partial charge is 0.427 e. The molecule has 0 aromatic rings. The molecule has 0 bridgehead atoms. The molecule has 2 atom stereocenters. The van der Waals surface area contributed by atoms with Crippen LogP contribution in [0.15, 0.2) is 12.6 Å². The first-order valence-electron chi connectivity index (χ1n) is 3.36. The highest BCUT2D eigenvalue weighted by molar-refractivity contribution is 6.34. The van der Waals surface area contributed by atoms with Crippen LogP contribution in [-0.4, -0.2) is 23.8 Å². The summed E-state index contributed by atoms with van der Waals surface area (Å²) < 4.78 is 5.21. The van der Waals surface area contributed by atoms with Crippen molar-refractivity contribution in [3.63, 3.8) is 0 Å². The molecule has 10 heavy (non-hydrogen) atoms. The molecule has 0 spiro atoms. The molecule has 2 unspecified atom stereocenters. The van der Waals surface area contributed by atoms with Crippen molar-refractivity contribution in [3.05, 3.63) is 12.6 Å². The van der Waals surface area contributed by atoms with E-state index >= 15 is 0 Å². The Morgan fingerprint density at radius 1 is 1.70 bits per heavy atom. The van der Waals surface area contributed by atoms with Crippen molar-refractivity contribution >= 4 is 7.48 Å². The molecule has 0 aliphatic heterocycles. The van der Waals surface area contributed by atoms with Gasteiger partial charge < -0.3 is 9.76 Å². The molecular formula is C7H12BO2. The Morgan fingerprint density at radius 3 is 2.50 bits per heavy atom. The minimum absolute atomic E-state index is 0.374. The van der Waals surface area contributed by atoms with Gasteiger partial charge in [-0.15, -0.1) is 6.58 Å². The number of rotatable bonds is 3. The Balaban J connectivity index is 2.36. The standard InChI is InChI=1S/C7H12BO2/c1-4-8-10-7(3)5-6(7,2)9/h4,9H,1,5H2,2-3H3. The lowest BCUT2D eigenvalue weighted by atomic mass is 10.0. The summed E-state index contributed by atoms with van der Waals surface area (Å²) in [7, 11) is 1.52. The third-order valence-corrected chi connectivity index (χ3v) is 2.12. The van der Waals surface area contributed by atoms with Gasteiger partial charge in [-0.1, -0.05) is 5.98 Å². The number of hydrogen-bond acceptors (Lipinski definition) is 2. The molecule has 2 nitrogen and oxygen atoms in total. The van der Waals surface area contributed by atoms with E-state index < -0.39 is 5.60 Å². The summed E-state index contributed by atoms with van der Waals surface area (Å²) in [5.41, 5.74) is -1.02. The minimum atomic E-state index is -0.646. The molecule has 1 radical (unpaired) electrons. The summed E-state index contributed by atoms with van der Waals surface area (Å²) in [5.74, 6) is 1.57. The van der Waals surface area contributed by atoms with Gasteiger partial charge in [-0.3, -0.25) is 0 Å². The Labute approximate surface area is 62.2 Å². The summed E-state index contributed by atoms with van der Waals surface area (Å²) >= 11 is 0. The van der Waals surface area contributed by atoms with Crippen LogP contribution in [0.3, 0.4) is 0 Å². The predicted octanol–water partition coefficient (Wildman–Crippen LogP) is 0.679. The molecule has 0 amide bonds. The van der Waals surface area contributed by atoms with Gasteiger partial charge in [0.2, 0.25) is 0 Å². The van der Waals surface area contributed by atoms with Crippen molar-refractivity contribution in [3.8, 4) is 0 Å². The molecule has 1 saturated carbocycles. The van der Waals surface area contributed by atoms with Crippen molar-refractivity contribution < 1.29 is 9.76 Å². The zero-order chi connectivity index (χ0) is 7.83. The highest BCUT2D eigenvalue weighted by atomic mass is 16.5. The maximum absolute atomic E-state index is 9.40. The first kappa shape index (κ1) is 7.83. The van der Waals surface area contributed by atoms with Gasteiger partial charge in [0, 0.05) is 6.42 Å². The van der Waals surface area contributed by atoms with Gasteiger partial charge >= 0.3 is 7.48 Å². The minimum Gasteiger partial charge on any atom is -0.427 e. The van der Waals surface area contributed by atoms with Crippen LogP contribution >= 0.6 is 0 Å². The number of aliphatic hydroxyl groups is 1. The third kappa shape index (κ3) is 1.11. The van der Waals surface area contributed by atoms with Crippen molar-refractivity contribution in [1.82, 2.24) is 0 Å². The normalized spacial score (nSPS) is 44.7. The van der Waals surface area contributed by atoms with Crippen LogP contribution in [0.25, 0.3) is 0 Å². The van der Waals surface area contributed by atoms with Crippen molar-refractivity contribution in [2.75, 3.05) is 0 Å². The van der Waals surface area contributed by atoms with E-state index in [4.69, 9.17) is 4.65 Å². The Kier molecular flexibility index (Phi) is 1.65. The van der Waals surface area contributed by atoms with Crippen LogP contribution in [0.5, 0.6) is 0 Å². The van der Waals surface area contributed by atoms with E-state index in [1.807, 2.05) is 6.92 Å². The van der Waals surface area contributed by atoms with Gasteiger partial charge in [0.25, 0.3) is 0 Å². The quantitative estimate of drug-likeness (QED) is 0.582. The Bertz CT molecular complexity index is 156. The van der Waals surface area contributed by atoms with Crippen LogP contribution < -0.4 is 0 Å². The zero-order valence-corrected chi connectivity index (χ0v) is 6.42. The van der Waals surface area contributed by atoms with Gasteiger partial charge in [-0.05, 0) is 13.8 Å². The van der Waals surface area contributed by atoms with E-state index in [-0.39, 0.29) is 5.60 Å². The second-order valence-corrected chi connectivity index (χ2v) is 3.17. The average molecular weight is 139 g/mol. The summed E-state index contributed by atoms with van der Waals surface area (Å²) in [6.45, 7) is 7.13. The van der Waals surface area contributed by atoms with Crippen LogP contribution in [0.4, 0.5) is 0 Å². The summed E-state index contributed by atoms with van der Waals surface area (Å²) in [5, 5.41) is 9.40.